The number of hydrogen-bond donors (Lipinski definition) is 1. The lowest BCUT2D eigenvalue weighted by atomic mass is 10.1. The standard InChI is InChI=1S/C15H18N2O2/c1-10-4-5-13(14(8-10)18-3)19-15-12(9-16)11(2)6-7-17-15/h4-8H,9,16H2,1-3H3. The predicted octanol–water partition coefficient (Wildman–Crippen LogP) is 2.96. The maximum absolute atomic E-state index is 5.84. The molecule has 0 aliphatic rings. The fraction of sp³-hybridized carbons (Fsp3) is 0.267. The summed E-state index contributed by atoms with van der Waals surface area (Å²) in [7, 11) is 1.62. The Balaban J connectivity index is 2.39. The topological polar surface area (TPSA) is 57.4 Å². The van der Waals surface area contributed by atoms with E-state index in [0.29, 0.717) is 23.9 Å². The van der Waals surface area contributed by atoms with Gasteiger partial charge in [0.2, 0.25) is 5.88 Å². The van der Waals surface area contributed by atoms with E-state index in [1.807, 2.05) is 38.1 Å². The van der Waals surface area contributed by atoms with Crippen molar-refractivity contribution < 1.29 is 9.47 Å². The lowest BCUT2D eigenvalue weighted by Crippen LogP contribution is -2.04. The quantitative estimate of drug-likeness (QED) is 0.916. The molecule has 1 aromatic carbocycles. The SMILES string of the molecule is COc1cc(C)ccc1Oc1nccc(C)c1CN. The van der Waals surface area contributed by atoms with Crippen LogP contribution in [0, 0.1) is 13.8 Å². The molecule has 100 valence electrons. The van der Waals surface area contributed by atoms with E-state index in [9.17, 15) is 0 Å². The maximum atomic E-state index is 5.84. The van der Waals surface area contributed by atoms with Gasteiger partial charge in [-0.05, 0) is 43.2 Å². The van der Waals surface area contributed by atoms with Crippen molar-refractivity contribution in [1.82, 2.24) is 4.98 Å². The highest BCUT2D eigenvalue weighted by Crippen LogP contribution is 2.33. The number of pyridine rings is 1. The Hall–Kier alpha value is -2.07. The molecular weight excluding hydrogens is 240 g/mol. The Labute approximate surface area is 113 Å². The molecule has 0 saturated carbocycles. The summed E-state index contributed by atoms with van der Waals surface area (Å²) in [6, 6.07) is 7.68. The van der Waals surface area contributed by atoms with E-state index in [0.717, 1.165) is 16.7 Å². The Morgan fingerprint density at radius 1 is 1.16 bits per heavy atom. The number of ether oxygens (including phenoxy) is 2. The first-order chi connectivity index (χ1) is 9.15. The second-order valence-electron chi connectivity index (χ2n) is 4.37. The molecule has 1 aromatic heterocycles. The molecule has 4 nitrogen and oxygen atoms in total. The lowest BCUT2D eigenvalue weighted by Gasteiger charge is -2.13. The summed E-state index contributed by atoms with van der Waals surface area (Å²) in [5, 5.41) is 0. The Morgan fingerprint density at radius 2 is 1.95 bits per heavy atom. The third-order valence-corrected chi connectivity index (χ3v) is 2.98. The van der Waals surface area contributed by atoms with Crippen LogP contribution in [-0.4, -0.2) is 12.1 Å². The molecule has 1 heterocycles. The molecule has 0 atom stereocenters. The minimum atomic E-state index is 0.392. The van der Waals surface area contributed by atoms with Crippen LogP contribution in [0.1, 0.15) is 16.7 Å². The van der Waals surface area contributed by atoms with Gasteiger partial charge in [-0.2, -0.15) is 0 Å². The van der Waals surface area contributed by atoms with Crippen LogP contribution in [0.3, 0.4) is 0 Å². The number of aromatic nitrogens is 1. The van der Waals surface area contributed by atoms with Gasteiger partial charge in [0.15, 0.2) is 11.5 Å². The summed E-state index contributed by atoms with van der Waals surface area (Å²) >= 11 is 0. The van der Waals surface area contributed by atoms with Crippen LogP contribution in [0.4, 0.5) is 0 Å². The Morgan fingerprint density at radius 3 is 2.63 bits per heavy atom. The minimum absolute atomic E-state index is 0.392. The second-order valence-corrected chi connectivity index (χ2v) is 4.37. The molecule has 0 spiro atoms. The van der Waals surface area contributed by atoms with Crippen molar-refractivity contribution in [3.63, 3.8) is 0 Å². The summed E-state index contributed by atoms with van der Waals surface area (Å²) in [6.45, 7) is 4.38. The molecule has 2 N–H and O–H groups in total. The molecule has 0 amide bonds. The van der Waals surface area contributed by atoms with Crippen LogP contribution in [0.25, 0.3) is 0 Å². The third kappa shape index (κ3) is 2.85. The zero-order valence-electron chi connectivity index (χ0n) is 11.4. The fourth-order valence-electron chi connectivity index (χ4n) is 1.86. The highest BCUT2D eigenvalue weighted by Gasteiger charge is 2.11. The smallest absolute Gasteiger partial charge is 0.224 e. The van der Waals surface area contributed by atoms with Crippen LogP contribution < -0.4 is 15.2 Å². The van der Waals surface area contributed by atoms with Gasteiger partial charge in [-0.15, -0.1) is 0 Å². The van der Waals surface area contributed by atoms with Crippen molar-refractivity contribution >= 4 is 0 Å². The third-order valence-electron chi connectivity index (χ3n) is 2.98. The molecule has 2 aromatic rings. The van der Waals surface area contributed by atoms with Crippen molar-refractivity contribution in [2.24, 2.45) is 5.73 Å². The number of methoxy groups -OCH3 is 1. The fourth-order valence-corrected chi connectivity index (χ4v) is 1.86. The van der Waals surface area contributed by atoms with Gasteiger partial charge in [-0.25, -0.2) is 4.98 Å². The highest BCUT2D eigenvalue weighted by atomic mass is 16.5. The molecule has 0 unspecified atom stereocenters. The molecule has 0 radical (unpaired) electrons. The summed E-state index contributed by atoms with van der Waals surface area (Å²) in [5.74, 6) is 1.86. The molecule has 0 aliphatic carbocycles. The van der Waals surface area contributed by atoms with E-state index >= 15 is 0 Å². The Kier molecular flexibility index (Phi) is 4.02. The van der Waals surface area contributed by atoms with Crippen molar-refractivity contribution in [3.05, 3.63) is 47.2 Å². The first kappa shape index (κ1) is 13.4. The molecule has 0 aliphatic heterocycles. The lowest BCUT2D eigenvalue weighted by molar-refractivity contribution is 0.372. The zero-order chi connectivity index (χ0) is 13.8. The summed E-state index contributed by atoms with van der Waals surface area (Å²) in [4.78, 5) is 4.25. The number of nitrogens with two attached hydrogens (primary N) is 1. The average molecular weight is 258 g/mol. The van der Waals surface area contributed by atoms with Gasteiger partial charge in [0, 0.05) is 18.3 Å². The number of benzene rings is 1. The first-order valence-electron chi connectivity index (χ1n) is 6.12. The van der Waals surface area contributed by atoms with Gasteiger partial charge >= 0.3 is 0 Å². The number of rotatable bonds is 4. The second kappa shape index (κ2) is 5.71. The van der Waals surface area contributed by atoms with Gasteiger partial charge in [0.25, 0.3) is 0 Å². The van der Waals surface area contributed by atoms with E-state index in [1.54, 1.807) is 13.3 Å². The minimum Gasteiger partial charge on any atom is -0.493 e. The zero-order valence-corrected chi connectivity index (χ0v) is 11.4. The average Bonchev–Trinajstić information content (AvgIpc) is 2.41. The van der Waals surface area contributed by atoms with Crippen LogP contribution in [0.2, 0.25) is 0 Å². The van der Waals surface area contributed by atoms with E-state index < -0.39 is 0 Å². The van der Waals surface area contributed by atoms with Crippen molar-refractivity contribution in [2.45, 2.75) is 20.4 Å². The van der Waals surface area contributed by atoms with Gasteiger partial charge in [-0.3, -0.25) is 0 Å². The molecule has 4 heteroatoms. The largest absolute Gasteiger partial charge is 0.493 e. The molecular formula is C15H18N2O2. The highest BCUT2D eigenvalue weighted by molar-refractivity contribution is 5.46. The van der Waals surface area contributed by atoms with Crippen LogP contribution in [0.5, 0.6) is 17.4 Å². The summed E-state index contributed by atoms with van der Waals surface area (Å²) in [5.41, 5.74) is 8.84. The molecule has 0 fully saturated rings. The van der Waals surface area contributed by atoms with Crippen molar-refractivity contribution in [2.75, 3.05) is 7.11 Å². The summed E-state index contributed by atoms with van der Waals surface area (Å²) < 4.78 is 11.2. The van der Waals surface area contributed by atoms with Crippen LogP contribution in [-0.2, 0) is 6.54 Å². The molecule has 19 heavy (non-hydrogen) atoms. The normalized spacial score (nSPS) is 10.3. The molecule has 0 saturated heterocycles. The van der Waals surface area contributed by atoms with E-state index in [1.165, 1.54) is 0 Å². The van der Waals surface area contributed by atoms with Crippen molar-refractivity contribution in [3.8, 4) is 17.4 Å². The number of nitrogens with zero attached hydrogens (tertiary/aromatic N) is 1. The van der Waals surface area contributed by atoms with E-state index in [2.05, 4.69) is 4.98 Å². The van der Waals surface area contributed by atoms with Crippen LogP contribution in [0.15, 0.2) is 30.5 Å². The Bertz CT molecular complexity index is 582. The van der Waals surface area contributed by atoms with Crippen molar-refractivity contribution in [1.29, 1.82) is 0 Å². The van der Waals surface area contributed by atoms with Gasteiger partial charge in [-0.1, -0.05) is 6.07 Å². The molecule has 0 bridgehead atoms. The number of hydrogen-bond acceptors (Lipinski definition) is 4. The van der Waals surface area contributed by atoms with Crippen LogP contribution >= 0.6 is 0 Å². The summed E-state index contributed by atoms with van der Waals surface area (Å²) in [6.07, 6.45) is 1.71. The van der Waals surface area contributed by atoms with Gasteiger partial charge in [0.05, 0.1) is 7.11 Å². The predicted molar refractivity (Wildman–Crippen MR) is 74.7 cm³/mol. The van der Waals surface area contributed by atoms with Gasteiger partial charge < -0.3 is 15.2 Å². The first-order valence-corrected chi connectivity index (χ1v) is 6.12. The monoisotopic (exact) mass is 258 g/mol. The van der Waals surface area contributed by atoms with E-state index in [4.69, 9.17) is 15.2 Å². The van der Waals surface area contributed by atoms with Gasteiger partial charge in [0.1, 0.15) is 0 Å². The molecule has 2 rings (SSSR count). The van der Waals surface area contributed by atoms with E-state index in [-0.39, 0.29) is 0 Å². The number of aryl methyl sites for hydroxylation is 2. The maximum Gasteiger partial charge on any atom is 0.224 e.